The van der Waals surface area contributed by atoms with Gasteiger partial charge in [-0.3, -0.25) is 0 Å². The first kappa shape index (κ1) is 15.1. The highest BCUT2D eigenvalue weighted by Crippen LogP contribution is 2.25. The summed E-state index contributed by atoms with van der Waals surface area (Å²) in [7, 11) is 0. The van der Waals surface area contributed by atoms with E-state index in [1.54, 1.807) is 11.8 Å². The first-order chi connectivity index (χ1) is 9.56. The van der Waals surface area contributed by atoms with Gasteiger partial charge >= 0.3 is 0 Å². The van der Waals surface area contributed by atoms with Crippen LogP contribution in [0.3, 0.4) is 0 Å². The second-order valence-electron chi connectivity index (χ2n) is 5.34. The quantitative estimate of drug-likeness (QED) is 0.822. The Labute approximate surface area is 124 Å². The van der Waals surface area contributed by atoms with Gasteiger partial charge in [-0.05, 0) is 30.9 Å². The van der Waals surface area contributed by atoms with Crippen molar-refractivity contribution in [2.24, 2.45) is 11.7 Å². The van der Waals surface area contributed by atoms with Crippen LogP contribution in [0.2, 0.25) is 0 Å². The fourth-order valence-electron chi connectivity index (χ4n) is 1.95. The molecule has 0 fully saturated rings. The molecule has 1 aromatic heterocycles. The van der Waals surface area contributed by atoms with Crippen molar-refractivity contribution in [1.82, 2.24) is 10.1 Å². The fourth-order valence-corrected chi connectivity index (χ4v) is 2.82. The molecule has 0 radical (unpaired) electrons. The fraction of sp³-hybridized carbons (Fsp3) is 0.467. The lowest BCUT2D eigenvalue weighted by Gasteiger charge is -2.08. The van der Waals surface area contributed by atoms with E-state index in [1.807, 2.05) is 12.1 Å². The molecule has 108 valence electrons. The van der Waals surface area contributed by atoms with E-state index in [0.717, 1.165) is 6.42 Å². The van der Waals surface area contributed by atoms with Crippen LogP contribution in [-0.4, -0.2) is 10.1 Å². The predicted molar refractivity (Wildman–Crippen MR) is 81.4 cm³/mol. The summed E-state index contributed by atoms with van der Waals surface area (Å²) >= 11 is 1.71. The normalized spacial score (nSPS) is 12.8. The maximum absolute atomic E-state index is 6.04. The molecule has 0 saturated carbocycles. The summed E-state index contributed by atoms with van der Waals surface area (Å²) in [6, 6.07) is 8.11. The highest BCUT2D eigenvalue weighted by atomic mass is 32.2. The van der Waals surface area contributed by atoms with Crippen LogP contribution in [0.15, 0.2) is 33.7 Å². The van der Waals surface area contributed by atoms with E-state index in [-0.39, 0.29) is 6.04 Å². The van der Waals surface area contributed by atoms with Gasteiger partial charge in [0.2, 0.25) is 5.89 Å². The number of aromatic nitrogens is 2. The summed E-state index contributed by atoms with van der Waals surface area (Å²) in [5.74, 6) is 2.45. The summed E-state index contributed by atoms with van der Waals surface area (Å²) in [6.45, 7) is 6.36. The molecule has 0 aliphatic heterocycles. The number of aryl methyl sites for hydroxylation is 1. The smallest absolute Gasteiger partial charge is 0.243 e. The van der Waals surface area contributed by atoms with Crippen LogP contribution in [0.4, 0.5) is 0 Å². The molecule has 5 heteroatoms. The first-order valence-electron chi connectivity index (χ1n) is 6.82. The molecule has 1 aromatic carbocycles. The van der Waals surface area contributed by atoms with Gasteiger partial charge in [0, 0.05) is 4.90 Å². The first-order valence-corrected chi connectivity index (χ1v) is 7.81. The standard InChI is InChI=1S/C15H21N3OS/c1-10(2)8-12(16)15-17-14(18-19-15)9-20-13-7-5-4-6-11(13)3/h4-7,10,12H,8-9,16H2,1-3H3/t12-/m1/s1. The monoisotopic (exact) mass is 291 g/mol. The number of benzene rings is 1. The summed E-state index contributed by atoms with van der Waals surface area (Å²) < 4.78 is 5.25. The van der Waals surface area contributed by atoms with E-state index in [2.05, 4.69) is 43.0 Å². The average molecular weight is 291 g/mol. The predicted octanol–water partition coefficient (Wildman–Crippen LogP) is 3.72. The van der Waals surface area contributed by atoms with Gasteiger partial charge in [0.15, 0.2) is 5.82 Å². The lowest BCUT2D eigenvalue weighted by Crippen LogP contribution is -2.13. The Kier molecular flexibility index (Phi) is 5.20. The zero-order chi connectivity index (χ0) is 14.5. The Morgan fingerprint density at radius 3 is 2.75 bits per heavy atom. The summed E-state index contributed by atoms with van der Waals surface area (Å²) in [6.07, 6.45) is 0.854. The van der Waals surface area contributed by atoms with Crippen molar-refractivity contribution < 1.29 is 4.52 Å². The van der Waals surface area contributed by atoms with Gasteiger partial charge in [0.05, 0.1) is 11.8 Å². The van der Waals surface area contributed by atoms with Crippen LogP contribution in [0, 0.1) is 12.8 Å². The van der Waals surface area contributed by atoms with E-state index in [4.69, 9.17) is 10.3 Å². The van der Waals surface area contributed by atoms with Gasteiger partial charge in [-0.25, -0.2) is 0 Å². The topological polar surface area (TPSA) is 64.9 Å². The van der Waals surface area contributed by atoms with Crippen LogP contribution in [0.25, 0.3) is 0 Å². The average Bonchev–Trinajstić information content (AvgIpc) is 2.86. The zero-order valence-electron chi connectivity index (χ0n) is 12.2. The minimum Gasteiger partial charge on any atom is -0.338 e. The van der Waals surface area contributed by atoms with Gasteiger partial charge in [-0.15, -0.1) is 11.8 Å². The van der Waals surface area contributed by atoms with Gasteiger partial charge in [-0.1, -0.05) is 37.2 Å². The Balaban J connectivity index is 1.95. The number of hydrogen-bond acceptors (Lipinski definition) is 5. The van der Waals surface area contributed by atoms with Crippen LogP contribution in [0.1, 0.15) is 43.6 Å². The Morgan fingerprint density at radius 1 is 1.30 bits per heavy atom. The van der Waals surface area contributed by atoms with Gasteiger partial charge in [-0.2, -0.15) is 4.98 Å². The second kappa shape index (κ2) is 6.90. The molecule has 0 aliphatic carbocycles. The van der Waals surface area contributed by atoms with Crippen molar-refractivity contribution in [1.29, 1.82) is 0 Å². The van der Waals surface area contributed by atoms with Gasteiger partial charge < -0.3 is 10.3 Å². The van der Waals surface area contributed by atoms with Crippen molar-refractivity contribution in [3.63, 3.8) is 0 Å². The Bertz CT molecular complexity index is 554. The van der Waals surface area contributed by atoms with E-state index in [0.29, 0.717) is 23.4 Å². The molecular formula is C15H21N3OS. The molecule has 4 nitrogen and oxygen atoms in total. The number of hydrogen-bond donors (Lipinski definition) is 1. The SMILES string of the molecule is Cc1ccccc1SCc1noc([C@H](N)CC(C)C)n1. The van der Waals surface area contributed by atoms with Crippen LogP contribution >= 0.6 is 11.8 Å². The molecule has 1 heterocycles. The molecular weight excluding hydrogens is 270 g/mol. The van der Waals surface area contributed by atoms with Gasteiger partial charge in [0.1, 0.15) is 0 Å². The zero-order valence-corrected chi connectivity index (χ0v) is 13.0. The third-order valence-electron chi connectivity index (χ3n) is 2.98. The lowest BCUT2D eigenvalue weighted by molar-refractivity contribution is 0.333. The number of rotatable bonds is 6. The molecule has 2 aromatic rings. The molecule has 0 amide bonds. The van der Waals surface area contributed by atoms with Crippen LogP contribution in [-0.2, 0) is 5.75 Å². The Hall–Kier alpha value is -1.33. The maximum atomic E-state index is 6.04. The van der Waals surface area contributed by atoms with Crippen molar-refractivity contribution in [3.05, 3.63) is 41.5 Å². The Morgan fingerprint density at radius 2 is 2.05 bits per heavy atom. The van der Waals surface area contributed by atoms with E-state index >= 15 is 0 Å². The molecule has 1 atom stereocenters. The second-order valence-corrected chi connectivity index (χ2v) is 6.36. The highest BCUT2D eigenvalue weighted by Gasteiger charge is 2.16. The molecule has 2 rings (SSSR count). The summed E-state index contributed by atoms with van der Waals surface area (Å²) in [5, 5.41) is 4.00. The van der Waals surface area contributed by atoms with Crippen molar-refractivity contribution >= 4 is 11.8 Å². The molecule has 20 heavy (non-hydrogen) atoms. The van der Waals surface area contributed by atoms with E-state index in [1.165, 1.54) is 10.5 Å². The van der Waals surface area contributed by atoms with Crippen molar-refractivity contribution in [2.45, 2.75) is 43.9 Å². The highest BCUT2D eigenvalue weighted by molar-refractivity contribution is 7.98. The van der Waals surface area contributed by atoms with Crippen LogP contribution < -0.4 is 5.73 Å². The molecule has 0 bridgehead atoms. The lowest BCUT2D eigenvalue weighted by atomic mass is 10.0. The maximum Gasteiger partial charge on any atom is 0.243 e. The third kappa shape index (κ3) is 4.08. The van der Waals surface area contributed by atoms with E-state index < -0.39 is 0 Å². The molecule has 0 unspecified atom stereocenters. The summed E-state index contributed by atoms with van der Waals surface area (Å²) in [5.41, 5.74) is 7.30. The van der Waals surface area contributed by atoms with Crippen LogP contribution in [0.5, 0.6) is 0 Å². The molecule has 0 aliphatic rings. The molecule has 0 spiro atoms. The number of nitrogens with zero attached hydrogens (tertiary/aromatic N) is 2. The minimum absolute atomic E-state index is 0.167. The summed E-state index contributed by atoms with van der Waals surface area (Å²) in [4.78, 5) is 5.63. The van der Waals surface area contributed by atoms with Gasteiger partial charge in [0.25, 0.3) is 0 Å². The van der Waals surface area contributed by atoms with Crippen molar-refractivity contribution in [2.75, 3.05) is 0 Å². The molecule has 0 saturated heterocycles. The number of thioether (sulfide) groups is 1. The third-order valence-corrected chi connectivity index (χ3v) is 4.15. The minimum atomic E-state index is -0.167. The molecule has 2 N–H and O–H groups in total. The van der Waals surface area contributed by atoms with Crippen molar-refractivity contribution in [3.8, 4) is 0 Å². The largest absolute Gasteiger partial charge is 0.338 e. The van der Waals surface area contributed by atoms with E-state index in [9.17, 15) is 0 Å². The number of nitrogens with two attached hydrogens (primary N) is 1.